The van der Waals surface area contributed by atoms with Crippen LogP contribution in [0.4, 0.5) is 4.79 Å². The largest absolute Gasteiger partial charge is 0.464 e. The first-order valence-electron chi connectivity index (χ1n) is 10.3. The van der Waals surface area contributed by atoms with E-state index in [1.807, 2.05) is 0 Å². The van der Waals surface area contributed by atoms with Crippen molar-refractivity contribution in [2.45, 2.75) is 25.8 Å². The van der Waals surface area contributed by atoms with E-state index in [1.165, 1.54) is 15.9 Å². The predicted octanol–water partition coefficient (Wildman–Crippen LogP) is 4.47. The number of carbonyl (C=O) groups excluding carboxylic acids is 1. The smallest absolute Gasteiger partial charge is 0.416 e. The summed E-state index contributed by atoms with van der Waals surface area (Å²) in [6, 6.07) is 10.4. The van der Waals surface area contributed by atoms with E-state index in [-0.39, 0.29) is 18.6 Å². The van der Waals surface area contributed by atoms with Gasteiger partial charge in [-0.3, -0.25) is 14.3 Å². The molecule has 1 fully saturated rings. The van der Waals surface area contributed by atoms with Crippen molar-refractivity contribution in [2.24, 2.45) is 0 Å². The molecule has 9 heteroatoms. The molecule has 1 saturated heterocycles. The number of likely N-dealkylation sites (tertiary alicyclic amines) is 1. The molecule has 1 aromatic carbocycles. The van der Waals surface area contributed by atoms with Crippen LogP contribution in [0.25, 0.3) is 21.1 Å². The number of nitrogens with zero attached hydrogens (tertiary/aromatic N) is 3. The number of aryl methyl sites for hydroxylation is 1. The minimum absolute atomic E-state index is 0.0329. The van der Waals surface area contributed by atoms with Crippen LogP contribution in [0.2, 0.25) is 0 Å². The van der Waals surface area contributed by atoms with E-state index in [0.717, 1.165) is 22.9 Å². The van der Waals surface area contributed by atoms with Gasteiger partial charge in [0.1, 0.15) is 11.5 Å². The van der Waals surface area contributed by atoms with Crippen LogP contribution in [-0.2, 0) is 0 Å². The van der Waals surface area contributed by atoms with Crippen LogP contribution in [0, 0.1) is 6.92 Å². The first-order valence-corrected chi connectivity index (χ1v) is 11.1. The molecule has 0 aliphatic carbocycles. The molecule has 0 bridgehead atoms. The number of hydrogen-bond donors (Lipinski definition) is 2. The van der Waals surface area contributed by atoms with E-state index in [2.05, 4.69) is 4.98 Å². The van der Waals surface area contributed by atoms with E-state index in [4.69, 9.17) is 4.74 Å². The molecule has 4 heterocycles. The zero-order valence-corrected chi connectivity index (χ0v) is 18.1. The van der Waals surface area contributed by atoms with Gasteiger partial charge in [-0.15, -0.1) is 11.3 Å². The molecule has 1 unspecified atom stereocenters. The minimum Gasteiger partial charge on any atom is -0.464 e. The maximum absolute atomic E-state index is 13.0. The number of ether oxygens (including phenoxy) is 1. The van der Waals surface area contributed by atoms with Crippen LogP contribution in [0.15, 0.2) is 42.6 Å². The number of carbonyl (C=O) groups is 2. The minimum atomic E-state index is -1.03. The van der Waals surface area contributed by atoms with E-state index in [9.17, 15) is 19.8 Å². The van der Waals surface area contributed by atoms with Crippen LogP contribution in [0.5, 0.6) is 11.5 Å². The number of aliphatic hydroxyl groups excluding tert-OH is 1. The zero-order valence-electron chi connectivity index (χ0n) is 17.3. The number of amides is 1. The first-order chi connectivity index (χ1) is 15.5. The number of thiophene rings is 1. The molecule has 1 aliphatic heterocycles. The molecule has 1 aliphatic rings. The fraction of sp³-hybridized carbons (Fsp3) is 0.261. The molecule has 5 rings (SSSR count). The molecule has 8 nitrogen and oxygen atoms in total. The van der Waals surface area contributed by atoms with Crippen LogP contribution in [-0.4, -0.2) is 55.9 Å². The molecule has 4 aromatic rings. The number of aliphatic hydroxyl groups is 1. The van der Waals surface area contributed by atoms with Gasteiger partial charge in [-0.25, -0.2) is 4.79 Å². The van der Waals surface area contributed by atoms with Gasteiger partial charge >= 0.3 is 6.09 Å². The van der Waals surface area contributed by atoms with Crippen LogP contribution >= 0.6 is 11.3 Å². The average molecular weight is 452 g/mol. The normalized spacial score (nSPS) is 16.2. The van der Waals surface area contributed by atoms with Crippen molar-refractivity contribution in [3.63, 3.8) is 0 Å². The number of benzene rings is 1. The second-order valence-electron chi connectivity index (χ2n) is 7.84. The third-order valence-corrected chi connectivity index (χ3v) is 6.94. The van der Waals surface area contributed by atoms with E-state index < -0.39 is 6.09 Å². The third kappa shape index (κ3) is 3.39. The van der Waals surface area contributed by atoms with Gasteiger partial charge in [-0.2, -0.15) is 0 Å². The lowest BCUT2D eigenvalue weighted by atomic mass is 10.2. The molecule has 1 atom stereocenters. The van der Waals surface area contributed by atoms with Crippen molar-refractivity contribution >= 4 is 44.5 Å². The number of pyridine rings is 1. The van der Waals surface area contributed by atoms with Crippen LogP contribution in [0.3, 0.4) is 0 Å². The molecule has 32 heavy (non-hydrogen) atoms. The SMILES string of the molecule is Cc1cc2cc(Oc3ccnc4cc(C(=O)N5CCCC5CO)sc34)ccc2n1C(=O)O. The van der Waals surface area contributed by atoms with E-state index in [1.54, 1.807) is 54.4 Å². The Kier molecular flexibility index (Phi) is 5.07. The van der Waals surface area contributed by atoms with Gasteiger partial charge in [0.2, 0.25) is 0 Å². The molecule has 164 valence electrons. The summed E-state index contributed by atoms with van der Waals surface area (Å²) in [6.45, 7) is 2.35. The van der Waals surface area contributed by atoms with Crippen LogP contribution < -0.4 is 4.74 Å². The fourth-order valence-electron chi connectivity index (χ4n) is 4.31. The molecular formula is C23H21N3O5S. The molecule has 1 amide bonds. The molecule has 2 N–H and O–H groups in total. The predicted molar refractivity (Wildman–Crippen MR) is 121 cm³/mol. The lowest BCUT2D eigenvalue weighted by molar-refractivity contribution is 0.0682. The highest BCUT2D eigenvalue weighted by Gasteiger charge is 2.30. The lowest BCUT2D eigenvalue weighted by Gasteiger charge is -2.22. The quantitative estimate of drug-likeness (QED) is 0.474. The summed E-state index contributed by atoms with van der Waals surface area (Å²) in [4.78, 5) is 31.2. The fourth-order valence-corrected chi connectivity index (χ4v) is 5.33. The summed E-state index contributed by atoms with van der Waals surface area (Å²) in [5, 5.41) is 19.7. The summed E-state index contributed by atoms with van der Waals surface area (Å²) in [5.74, 6) is 1.05. The second-order valence-corrected chi connectivity index (χ2v) is 8.89. The highest BCUT2D eigenvalue weighted by molar-refractivity contribution is 7.21. The number of aromatic nitrogens is 2. The summed E-state index contributed by atoms with van der Waals surface area (Å²) in [7, 11) is 0. The van der Waals surface area contributed by atoms with Gasteiger partial charge in [0.15, 0.2) is 0 Å². The van der Waals surface area contributed by atoms with Crippen molar-refractivity contribution in [2.75, 3.05) is 13.2 Å². The molecule has 3 aromatic heterocycles. The Bertz CT molecular complexity index is 1360. The van der Waals surface area contributed by atoms with Crippen molar-refractivity contribution < 1.29 is 24.5 Å². The highest BCUT2D eigenvalue weighted by Crippen LogP contribution is 2.37. The zero-order chi connectivity index (χ0) is 22.4. The van der Waals surface area contributed by atoms with Gasteiger partial charge in [0.05, 0.1) is 33.3 Å². The number of rotatable bonds is 4. The van der Waals surface area contributed by atoms with E-state index in [0.29, 0.717) is 39.6 Å². The Hall–Kier alpha value is -3.43. The Labute approximate surface area is 187 Å². The van der Waals surface area contributed by atoms with Gasteiger partial charge in [-0.1, -0.05) is 0 Å². The molecular weight excluding hydrogens is 430 g/mol. The van der Waals surface area contributed by atoms with Crippen molar-refractivity contribution in [3.8, 4) is 11.5 Å². The number of carboxylic acid groups (broad SMARTS) is 1. The average Bonchev–Trinajstić information content (AvgIpc) is 3.48. The summed E-state index contributed by atoms with van der Waals surface area (Å²) in [5.41, 5.74) is 1.89. The monoisotopic (exact) mass is 451 g/mol. The Morgan fingerprint density at radius 1 is 1.25 bits per heavy atom. The highest BCUT2D eigenvalue weighted by atomic mass is 32.1. The topological polar surface area (TPSA) is 105 Å². The Balaban J connectivity index is 1.47. The Morgan fingerprint density at radius 3 is 2.88 bits per heavy atom. The number of hydrogen-bond acceptors (Lipinski definition) is 6. The molecule has 0 spiro atoms. The molecule has 0 radical (unpaired) electrons. The summed E-state index contributed by atoms with van der Waals surface area (Å²) in [6.07, 6.45) is 2.30. The summed E-state index contributed by atoms with van der Waals surface area (Å²) >= 11 is 1.32. The summed E-state index contributed by atoms with van der Waals surface area (Å²) < 4.78 is 8.11. The second kappa shape index (κ2) is 7.92. The standard InChI is InChI=1S/C23H21N3O5S/c1-13-9-14-10-16(4-5-18(14)26(13)23(29)30)31-19-6-7-24-17-11-20(32-21(17)19)22(28)25-8-2-3-15(25)12-27/h4-7,9-11,15,27H,2-3,8,12H2,1H3,(H,29,30). The van der Waals surface area contributed by atoms with Crippen molar-refractivity contribution in [1.29, 1.82) is 0 Å². The van der Waals surface area contributed by atoms with Gasteiger partial charge in [0.25, 0.3) is 5.91 Å². The Morgan fingerprint density at radius 2 is 2.09 bits per heavy atom. The van der Waals surface area contributed by atoms with Crippen molar-refractivity contribution in [1.82, 2.24) is 14.5 Å². The number of fused-ring (bicyclic) bond motifs is 2. The van der Waals surface area contributed by atoms with Gasteiger partial charge < -0.3 is 19.8 Å². The maximum atomic E-state index is 13.0. The maximum Gasteiger partial charge on any atom is 0.416 e. The lowest BCUT2D eigenvalue weighted by Crippen LogP contribution is -2.37. The first kappa shape index (κ1) is 20.5. The van der Waals surface area contributed by atoms with Gasteiger partial charge in [0, 0.05) is 29.9 Å². The van der Waals surface area contributed by atoms with Crippen molar-refractivity contribution in [3.05, 3.63) is 53.2 Å². The van der Waals surface area contributed by atoms with E-state index >= 15 is 0 Å². The molecule has 0 saturated carbocycles. The van der Waals surface area contributed by atoms with Crippen LogP contribution in [0.1, 0.15) is 28.2 Å². The van der Waals surface area contributed by atoms with Gasteiger partial charge in [-0.05, 0) is 50.1 Å². The third-order valence-electron chi connectivity index (χ3n) is 5.81.